The number of nitrogens with two attached hydrogens (primary N) is 2. The number of nitrogen functional groups attached to an aromatic ring is 1. The van der Waals surface area contributed by atoms with Crippen LogP contribution < -0.4 is 16.8 Å². The van der Waals surface area contributed by atoms with Gasteiger partial charge in [0.2, 0.25) is 0 Å². The molecule has 0 spiro atoms. The monoisotopic (exact) mass is 359 g/mol. The summed E-state index contributed by atoms with van der Waals surface area (Å²) in [6, 6.07) is 6.50. The number of piperidine rings is 1. The van der Waals surface area contributed by atoms with Gasteiger partial charge >= 0.3 is 0 Å². The standard InChI is InChI=1S/C21H37N5/c1-3-19-14-17(2)10-13-26(19)12-7-5-4-6-11-24-21-15-18(25-16-22)8-9-20(21)23/h8-9,15-17,19,24H,3-7,10-14,23H2,1-2H3,(H2,22,25). The summed E-state index contributed by atoms with van der Waals surface area (Å²) in [5.41, 5.74) is 13.9. The molecule has 0 aromatic heterocycles. The van der Waals surface area contributed by atoms with Crippen LogP contribution in [-0.2, 0) is 0 Å². The topological polar surface area (TPSA) is 79.7 Å². The fourth-order valence-electron chi connectivity index (χ4n) is 3.90. The van der Waals surface area contributed by atoms with Crippen LogP contribution in [0.4, 0.5) is 17.1 Å². The fourth-order valence-corrected chi connectivity index (χ4v) is 3.90. The largest absolute Gasteiger partial charge is 0.397 e. The van der Waals surface area contributed by atoms with Crippen molar-refractivity contribution in [3.8, 4) is 0 Å². The van der Waals surface area contributed by atoms with Crippen LogP contribution in [0.2, 0.25) is 0 Å². The lowest BCUT2D eigenvalue weighted by Crippen LogP contribution is -2.42. The van der Waals surface area contributed by atoms with Crippen LogP contribution in [-0.4, -0.2) is 36.9 Å². The molecule has 1 aromatic rings. The number of hydrogen-bond acceptors (Lipinski definition) is 4. The molecule has 26 heavy (non-hydrogen) atoms. The van der Waals surface area contributed by atoms with Crippen molar-refractivity contribution >= 4 is 23.4 Å². The molecule has 5 heteroatoms. The van der Waals surface area contributed by atoms with Crippen molar-refractivity contribution in [2.75, 3.05) is 30.7 Å². The highest BCUT2D eigenvalue weighted by atomic mass is 15.2. The molecule has 2 unspecified atom stereocenters. The first-order valence-corrected chi connectivity index (χ1v) is 10.3. The minimum Gasteiger partial charge on any atom is -0.397 e. The van der Waals surface area contributed by atoms with Gasteiger partial charge in [0, 0.05) is 12.6 Å². The number of hydrogen-bond donors (Lipinski definition) is 3. The van der Waals surface area contributed by atoms with E-state index in [4.69, 9.17) is 11.5 Å². The van der Waals surface area contributed by atoms with Gasteiger partial charge in [-0.15, -0.1) is 0 Å². The molecule has 1 aliphatic heterocycles. The maximum Gasteiger partial charge on any atom is 0.0860 e. The van der Waals surface area contributed by atoms with Crippen LogP contribution in [0.25, 0.3) is 0 Å². The smallest absolute Gasteiger partial charge is 0.0860 e. The van der Waals surface area contributed by atoms with E-state index in [1.165, 1.54) is 58.0 Å². The van der Waals surface area contributed by atoms with Gasteiger partial charge < -0.3 is 21.7 Å². The van der Waals surface area contributed by atoms with Gasteiger partial charge in [0.15, 0.2) is 0 Å². The normalized spacial score (nSPS) is 21.3. The van der Waals surface area contributed by atoms with Gasteiger partial charge in [0.1, 0.15) is 0 Å². The second-order valence-corrected chi connectivity index (χ2v) is 7.62. The summed E-state index contributed by atoms with van der Waals surface area (Å²) in [4.78, 5) is 6.82. The summed E-state index contributed by atoms with van der Waals surface area (Å²) in [5, 5.41) is 3.42. The second kappa shape index (κ2) is 11.1. The third kappa shape index (κ3) is 6.52. The molecule has 0 bridgehead atoms. The summed E-state index contributed by atoms with van der Waals surface area (Å²) >= 11 is 0. The third-order valence-corrected chi connectivity index (χ3v) is 5.52. The second-order valence-electron chi connectivity index (χ2n) is 7.62. The lowest BCUT2D eigenvalue weighted by molar-refractivity contribution is 0.112. The highest BCUT2D eigenvalue weighted by molar-refractivity contribution is 5.72. The quantitative estimate of drug-likeness (QED) is 0.251. The van der Waals surface area contributed by atoms with E-state index in [-0.39, 0.29) is 0 Å². The molecule has 0 amide bonds. The van der Waals surface area contributed by atoms with Crippen LogP contribution in [0.5, 0.6) is 0 Å². The summed E-state index contributed by atoms with van der Waals surface area (Å²) in [7, 11) is 0. The minimum atomic E-state index is 0.755. The Morgan fingerprint density at radius 3 is 2.85 bits per heavy atom. The first-order valence-electron chi connectivity index (χ1n) is 10.3. The lowest BCUT2D eigenvalue weighted by atomic mass is 9.91. The van der Waals surface area contributed by atoms with Crippen molar-refractivity contribution in [2.45, 2.75) is 64.8 Å². The molecule has 2 atom stereocenters. The number of anilines is 2. The predicted octanol–water partition coefficient (Wildman–Crippen LogP) is 4.37. The number of rotatable bonds is 10. The summed E-state index contributed by atoms with van der Waals surface area (Å²) in [6.45, 7) is 8.24. The fraction of sp³-hybridized carbons (Fsp3) is 0.667. The molecule has 1 aromatic carbocycles. The molecule has 146 valence electrons. The maximum atomic E-state index is 6.02. The maximum absolute atomic E-state index is 6.02. The summed E-state index contributed by atoms with van der Waals surface area (Å²) < 4.78 is 0. The van der Waals surface area contributed by atoms with E-state index in [2.05, 4.69) is 29.1 Å². The molecule has 0 saturated carbocycles. The highest BCUT2D eigenvalue weighted by Gasteiger charge is 2.24. The van der Waals surface area contributed by atoms with Gasteiger partial charge in [0.05, 0.1) is 23.4 Å². The van der Waals surface area contributed by atoms with E-state index in [0.29, 0.717) is 0 Å². The van der Waals surface area contributed by atoms with Crippen molar-refractivity contribution in [1.82, 2.24) is 4.90 Å². The molecule has 5 nitrogen and oxygen atoms in total. The van der Waals surface area contributed by atoms with Crippen LogP contribution in [0, 0.1) is 5.92 Å². The molecule has 1 saturated heterocycles. The zero-order valence-electron chi connectivity index (χ0n) is 16.6. The van der Waals surface area contributed by atoms with Gasteiger partial charge in [-0.1, -0.05) is 26.7 Å². The van der Waals surface area contributed by atoms with E-state index >= 15 is 0 Å². The van der Waals surface area contributed by atoms with E-state index < -0.39 is 0 Å². The first kappa shape index (κ1) is 20.6. The van der Waals surface area contributed by atoms with Crippen molar-refractivity contribution in [1.29, 1.82) is 0 Å². The number of nitrogens with one attached hydrogen (secondary N) is 1. The molecule has 2 rings (SSSR count). The van der Waals surface area contributed by atoms with Crippen molar-refractivity contribution in [2.24, 2.45) is 16.6 Å². The van der Waals surface area contributed by atoms with Crippen LogP contribution in [0.15, 0.2) is 23.2 Å². The molecular weight excluding hydrogens is 322 g/mol. The molecule has 1 heterocycles. The molecule has 1 fully saturated rings. The van der Waals surface area contributed by atoms with E-state index in [0.717, 1.165) is 42.0 Å². The Labute approximate surface area is 159 Å². The third-order valence-electron chi connectivity index (χ3n) is 5.52. The average molecular weight is 360 g/mol. The molecular formula is C21H37N5. The number of likely N-dealkylation sites (tertiary alicyclic amines) is 1. The number of benzene rings is 1. The Bertz CT molecular complexity index is 557. The van der Waals surface area contributed by atoms with Gasteiger partial charge in [0.25, 0.3) is 0 Å². The zero-order chi connectivity index (χ0) is 18.8. The Balaban J connectivity index is 1.60. The predicted molar refractivity (Wildman–Crippen MR) is 114 cm³/mol. The van der Waals surface area contributed by atoms with Crippen molar-refractivity contribution in [3.05, 3.63) is 18.2 Å². The average Bonchev–Trinajstić information content (AvgIpc) is 2.64. The van der Waals surface area contributed by atoms with Crippen LogP contribution >= 0.6 is 0 Å². The Kier molecular flexibility index (Phi) is 8.75. The molecule has 5 N–H and O–H groups in total. The van der Waals surface area contributed by atoms with Crippen molar-refractivity contribution < 1.29 is 0 Å². The molecule has 1 aliphatic rings. The SMILES string of the molecule is CCC1CC(C)CCN1CCCCCCNc1cc(N=CN)ccc1N. The number of aliphatic imine (C=N–C) groups is 1. The van der Waals surface area contributed by atoms with Crippen LogP contribution in [0.3, 0.4) is 0 Å². The van der Waals surface area contributed by atoms with E-state index in [9.17, 15) is 0 Å². The first-order chi connectivity index (χ1) is 12.6. The number of unbranched alkanes of at least 4 members (excludes halogenated alkanes) is 3. The summed E-state index contributed by atoms with van der Waals surface area (Å²) in [6.07, 6.45) is 10.4. The Morgan fingerprint density at radius 1 is 1.27 bits per heavy atom. The van der Waals surface area contributed by atoms with E-state index in [1.54, 1.807) is 0 Å². The lowest BCUT2D eigenvalue weighted by Gasteiger charge is -2.38. The zero-order valence-corrected chi connectivity index (χ0v) is 16.6. The minimum absolute atomic E-state index is 0.755. The van der Waals surface area contributed by atoms with Gasteiger partial charge in [-0.05, 0) is 69.3 Å². The summed E-state index contributed by atoms with van der Waals surface area (Å²) in [5.74, 6) is 0.906. The molecule has 0 aliphatic carbocycles. The number of nitrogens with zero attached hydrogens (tertiary/aromatic N) is 2. The van der Waals surface area contributed by atoms with Crippen molar-refractivity contribution in [3.63, 3.8) is 0 Å². The Hall–Kier alpha value is -1.75. The van der Waals surface area contributed by atoms with E-state index in [1.807, 2.05) is 18.2 Å². The van der Waals surface area contributed by atoms with Gasteiger partial charge in [-0.25, -0.2) is 4.99 Å². The highest BCUT2D eigenvalue weighted by Crippen LogP contribution is 2.26. The Morgan fingerprint density at radius 2 is 2.08 bits per heavy atom. The van der Waals surface area contributed by atoms with Gasteiger partial charge in [-0.2, -0.15) is 0 Å². The van der Waals surface area contributed by atoms with Gasteiger partial charge in [-0.3, -0.25) is 0 Å². The molecule has 0 radical (unpaired) electrons. The van der Waals surface area contributed by atoms with Crippen LogP contribution in [0.1, 0.15) is 58.8 Å².